The van der Waals surface area contributed by atoms with Crippen LogP contribution in [0.25, 0.3) is 11.4 Å². The summed E-state index contributed by atoms with van der Waals surface area (Å²) in [6.45, 7) is 4.19. The van der Waals surface area contributed by atoms with Crippen molar-refractivity contribution >= 4 is 0 Å². The number of nitrogens with zero attached hydrogens (tertiary/aromatic N) is 2. The van der Waals surface area contributed by atoms with Crippen molar-refractivity contribution in [2.45, 2.75) is 26.2 Å². The molecule has 0 amide bonds. The van der Waals surface area contributed by atoms with E-state index in [0.717, 1.165) is 42.3 Å². The molecule has 2 heterocycles. The molecule has 21 heavy (non-hydrogen) atoms. The lowest BCUT2D eigenvalue weighted by Gasteiger charge is -2.20. The van der Waals surface area contributed by atoms with Gasteiger partial charge in [0.2, 0.25) is 11.7 Å². The zero-order chi connectivity index (χ0) is 14.7. The number of aryl methyl sites for hydroxylation is 1. The molecule has 1 N–H and O–H groups in total. The molecule has 0 bridgehead atoms. The van der Waals surface area contributed by atoms with Crippen LogP contribution in [0.15, 0.2) is 22.7 Å². The molecule has 0 saturated carbocycles. The van der Waals surface area contributed by atoms with Crippen LogP contribution >= 0.6 is 0 Å². The minimum absolute atomic E-state index is 0.650. The Labute approximate surface area is 124 Å². The number of hydrogen-bond acceptors (Lipinski definition) is 5. The average Bonchev–Trinajstić information content (AvgIpc) is 2.97. The van der Waals surface area contributed by atoms with Crippen LogP contribution in [0.2, 0.25) is 0 Å². The Morgan fingerprint density at radius 2 is 2.14 bits per heavy atom. The SMILES string of the molecule is COc1ccc(-c2noc(CC3CCNCC3)n2)cc1C. The Bertz CT molecular complexity index is 603. The molecule has 1 aromatic heterocycles. The second-order valence-electron chi connectivity index (χ2n) is 5.59. The minimum atomic E-state index is 0.650. The van der Waals surface area contributed by atoms with Crippen molar-refractivity contribution in [1.82, 2.24) is 15.5 Å². The monoisotopic (exact) mass is 287 g/mol. The zero-order valence-corrected chi connectivity index (χ0v) is 12.6. The van der Waals surface area contributed by atoms with E-state index in [-0.39, 0.29) is 0 Å². The smallest absolute Gasteiger partial charge is 0.227 e. The first-order valence-electron chi connectivity index (χ1n) is 7.44. The Morgan fingerprint density at radius 1 is 1.33 bits per heavy atom. The summed E-state index contributed by atoms with van der Waals surface area (Å²) < 4.78 is 10.7. The number of benzene rings is 1. The molecular weight excluding hydrogens is 266 g/mol. The van der Waals surface area contributed by atoms with Gasteiger partial charge >= 0.3 is 0 Å². The third-order valence-electron chi connectivity index (χ3n) is 4.04. The van der Waals surface area contributed by atoms with Gasteiger partial charge in [-0.05, 0) is 62.5 Å². The van der Waals surface area contributed by atoms with Gasteiger partial charge in [0.25, 0.3) is 0 Å². The van der Waals surface area contributed by atoms with Gasteiger partial charge in [0.15, 0.2) is 0 Å². The van der Waals surface area contributed by atoms with Crippen LogP contribution in [0.5, 0.6) is 5.75 Å². The summed E-state index contributed by atoms with van der Waals surface area (Å²) in [4.78, 5) is 4.53. The van der Waals surface area contributed by atoms with Gasteiger partial charge in [-0.1, -0.05) is 5.16 Å². The van der Waals surface area contributed by atoms with E-state index in [1.54, 1.807) is 7.11 Å². The number of aromatic nitrogens is 2. The molecule has 1 fully saturated rings. The molecule has 5 heteroatoms. The van der Waals surface area contributed by atoms with Crippen LogP contribution in [-0.2, 0) is 6.42 Å². The van der Waals surface area contributed by atoms with Crippen molar-refractivity contribution in [2.24, 2.45) is 5.92 Å². The quantitative estimate of drug-likeness (QED) is 0.936. The van der Waals surface area contributed by atoms with Gasteiger partial charge in [0.05, 0.1) is 7.11 Å². The minimum Gasteiger partial charge on any atom is -0.496 e. The fourth-order valence-electron chi connectivity index (χ4n) is 2.81. The maximum Gasteiger partial charge on any atom is 0.227 e. The van der Waals surface area contributed by atoms with Gasteiger partial charge in [0.1, 0.15) is 5.75 Å². The van der Waals surface area contributed by atoms with Gasteiger partial charge in [-0.2, -0.15) is 4.98 Å². The predicted octanol–water partition coefficient (Wildman–Crippen LogP) is 2.60. The van der Waals surface area contributed by atoms with E-state index in [0.29, 0.717) is 11.7 Å². The van der Waals surface area contributed by atoms with Crippen LogP contribution in [0, 0.1) is 12.8 Å². The van der Waals surface area contributed by atoms with E-state index in [4.69, 9.17) is 9.26 Å². The Kier molecular flexibility index (Phi) is 4.20. The highest BCUT2D eigenvalue weighted by Gasteiger charge is 2.18. The molecule has 1 aliphatic rings. The summed E-state index contributed by atoms with van der Waals surface area (Å²) in [5, 5.41) is 7.48. The molecule has 0 unspecified atom stereocenters. The maximum atomic E-state index is 5.41. The lowest BCUT2D eigenvalue weighted by Crippen LogP contribution is -2.28. The van der Waals surface area contributed by atoms with Crippen LogP contribution in [-0.4, -0.2) is 30.3 Å². The molecule has 2 aromatic rings. The van der Waals surface area contributed by atoms with E-state index in [2.05, 4.69) is 15.5 Å². The van der Waals surface area contributed by atoms with Crippen molar-refractivity contribution < 1.29 is 9.26 Å². The molecule has 0 aliphatic carbocycles. The van der Waals surface area contributed by atoms with Gasteiger partial charge in [-0.15, -0.1) is 0 Å². The number of rotatable bonds is 4. The lowest BCUT2D eigenvalue weighted by molar-refractivity contribution is 0.313. The van der Waals surface area contributed by atoms with Crippen LogP contribution in [0.4, 0.5) is 0 Å². The Balaban J connectivity index is 1.73. The fourth-order valence-corrected chi connectivity index (χ4v) is 2.81. The molecule has 1 aliphatic heterocycles. The standard InChI is InChI=1S/C16H21N3O2/c1-11-9-13(3-4-14(11)20-2)16-18-15(21-19-16)10-12-5-7-17-8-6-12/h3-4,9,12,17H,5-8,10H2,1-2H3. The van der Waals surface area contributed by atoms with Crippen molar-refractivity contribution in [3.63, 3.8) is 0 Å². The zero-order valence-electron chi connectivity index (χ0n) is 12.6. The summed E-state index contributed by atoms with van der Waals surface area (Å²) in [6.07, 6.45) is 3.24. The Morgan fingerprint density at radius 3 is 2.86 bits per heavy atom. The maximum absolute atomic E-state index is 5.41. The van der Waals surface area contributed by atoms with Crippen molar-refractivity contribution in [3.8, 4) is 17.1 Å². The number of piperidine rings is 1. The van der Waals surface area contributed by atoms with E-state index in [9.17, 15) is 0 Å². The molecular formula is C16H21N3O2. The molecule has 1 saturated heterocycles. The summed E-state index contributed by atoms with van der Waals surface area (Å²) in [7, 11) is 1.67. The topological polar surface area (TPSA) is 60.2 Å². The van der Waals surface area contributed by atoms with Gasteiger partial charge < -0.3 is 14.6 Å². The lowest BCUT2D eigenvalue weighted by atomic mass is 9.95. The van der Waals surface area contributed by atoms with Crippen LogP contribution in [0.3, 0.4) is 0 Å². The summed E-state index contributed by atoms with van der Waals surface area (Å²) in [5.74, 6) is 2.92. The molecule has 0 spiro atoms. The highest BCUT2D eigenvalue weighted by Crippen LogP contribution is 2.25. The van der Waals surface area contributed by atoms with E-state index in [1.807, 2.05) is 25.1 Å². The first-order valence-corrected chi connectivity index (χ1v) is 7.44. The number of methoxy groups -OCH3 is 1. The largest absolute Gasteiger partial charge is 0.496 e. The van der Waals surface area contributed by atoms with Gasteiger partial charge in [-0.3, -0.25) is 0 Å². The number of hydrogen-bond donors (Lipinski definition) is 1. The van der Waals surface area contributed by atoms with Crippen LogP contribution in [0.1, 0.15) is 24.3 Å². The normalized spacial score (nSPS) is 16.1. The fraction of sp³-hybridized carbons (Fsp3) is 0.500. The van der Waals surface area contributed by atoms with Gasteiger partial charge in [-0.25, -0.2) is 0 Å². The molecule has 0 atom stereocenters. The summed E-state index contributed by atoms with van der Waals surface area (Å²) in [5.41, 5.74) is 2.04. The molecule has 3 rings (SSSR count). The third kappa shape index (κ3) is 3.24. The molecule has 0 radical (unpaired) electrons. The van der Waals surface area contributed by atoms with Gasteiger partial charge in [0, 0.05) is 12.0 Å². The highest BCUT2D eigenvalue weighted by atomic mass is 16.5. The third-order valence-corrected chi connectivity index (χ3v) is 4.04. The summed E-state index contributed by atoms with van der Waals surface area (Å²) >= 11 is 0. The first-order chi connectivity index (χ1) is 10.3. The second-order valence-corrected chi connectivity index (χ2v) is 5.59. The van der Waals surface area contributed by atoms with Crippen molar-refractivity contribution in [2.75, 3.05) is 20.2 Å². The molecule has 1 aromatic carbocycles. The van der Waals surface area contributed by atoms with E-state index >= 15 is 0 Å². The number of ether oxygens (including phenoxy) is 1. The molecule has 5 nitrogen and oxygen atoms in total. The van der Waals surface area contributed by atoms with E-state index < -0.39 is 0 Å². The van der Waals surface area contributed by atoms with E-state index in [1.165, 1.54) is 12.8 Å². The highest BCUT2D eigenvalue weighted by molar-refractivity contribution is 5.58. The van der Waals surface area contributed by atoms with Crippen molar-refractivity contribution in [3.05, 3.63) is 29.7 Å². The predicted molar refractivity (Wildman–Crippen MR) is 80.3 cm³/mol. The Hall–Kier alpha value is -1.88. The van der Waals surface area contributed by atoms with Crippen LogP contribution < -0.4 is 10.1 Å². The average molecular weight is 287 g/mol. The molecule has 112 valence electrons. The summed E-state index contributed by atoms with van der Waals surface area (Å²) in [6, 6.07) is 5.93. The first kappa shape index (κ1) is 14.1. The van der Waals surface area contributed by atoms with Crippen molar-refractivity contribution in [1.29, 1.82) is 0 Å². The second kappa shape index (κ2) is 6.26. The number of nitrogens with one attached hydrogen (secondary N) is 1.